The van der Waals surface area contributed by atoms with Crippen LogP contribution in [0.1, 0.15) is 45.7 Å². The Labute approximate surface area is 139 Å². The molecular weight excluding hydrogens is 348 g/mol. The molecule has 1 aromatic carbocycles. The number of alkyl carbamates (subject to hydrolysis) is 1. The number of benzene rings is 1. The van der Waals surface area contributed by atoms with E-state index in [4.69, 9.17) is 4.74 Å². The molecular formula is C16H23BrN2O3. The molecule has 2 amide bonds. The molecule has 1 aromatic rings. The van der Waals surface area contributed by atoms with Crippen molar-refractivity contribution in [2.24, 2.45) is 0 Å². The third-order valence-corrected chi connectivity index (χ3v) is 3.24. The summed E-state index contributed by atoms with van der Waals surface area (Å²) in [4.78, 5) is 23.3. The Hall–Kier alpha value is -1.56. The van der Waals surface area contributed by atoms with Crippen LogP contribution >= 0.6 is 15.9 Å². The van der Waals surface area contributed by atoms with Gasteiger partial charge in [-0.2, -0.15) is 0 Å². The zero-order valence-electron chi connectivity index (χ0n) is 13.4. The van der Waals surface area contributed by atoms with E-state index in [1.54, 1.807) is 20.8 Å². The molecule has 0 heterocycles. The van der Waals surface area contributed by atoms with Crippen LogP contribution in [-0.4, -0.2) is 24.1 Å². The summed E-state index contributed by atoms with van der Waals surface area (Å²) in [6.45, 7) is 7.53. The second-order valence-corrected chi connectivity index (χ2v) is 6.94. The summed E-state index contributed by atoms with van der Waals surface area (Å²) in [5, 5.41) is 5.46. The molecule has 1 unspecified atom stereocenters. The third kappa shape index (κ3) is 7.45. The number of nitrogens with one attached hydrogen (secondary N) is 2. The molecule has 1 rings (SSSR count). The molecule has 0 fully saturated rings. The molecule has 0 aromatic heterocycles. The van der Waals surface area contributed by atoms with E-state index in [2.05, 4.69) is 26.6 Å². The van der Waals surface area contributed by atoms with Gasteiger partial charge in [-0.15, -0.1) is 0 Å². The second-order valence-electron chi connectivity index (χ2n) is 6.02. The molecule has 0 aliphatic heterocycles. The molecule has 0 saturated carbocycles. The maximum Gasteiger partial charge on any atom is 0.407 e. The van der Waals surface area contributed by atoms with Gasteiger partial charge in [-0.25, -0.2) is 4.79 Å². The van der Waals surface area contributed by atoms with Gasteiger partial charge in [0.05, 0.1) is 6.04 Å². The SMILES string of the molecule is CC(NC(=O)CCNC(=O)OC(C)(C)C)c1cccc(Br)c1. The molecule has 6 heteroatoms. The first-order valence-corrected chi connectivity index (χ1v) is 7.98. The normalized spacial score (nSPS) is 12.4. The molecule has 2 N–H and O–H groups in total. The van der Waals surface area contributed by atoms with E-state index in [0.717, 1.165) is 10.0 Å². The van der Waals surface area contributed by atoms with E-state index < -0.39 is 11.7 Å². The fourth-order valence-electron chi connectivity index (χ4n) is 1.77. The average Bonchev–Trinajstić information content (AvgIpc) is 2.36. The average molecular weight is 371 g/mol. The number of carbonyl (C=O) groups excluding carboxylic acids is 2. The summed E-state index contributed by atoms with van der Waals surface area (Å²) in [6.07, 6.45) is -0.308. The Morgan fingerprint density at radius 2 is 2.00 bits per heavy atom. The lowest BCUT2D eigenvalue weighted by Crippen LogP contribution is -2.35. The maximum absolute atomic E-state index is 11.9. The van der Waals surface area contributed by atoms with Gasteiger partial charge in [-0.1, -0.05) is 28.1 Å². The first-order valence-electron chi connectivity index (χ1n) is 7.19. The number of ether oxygens (including phenoxy) is 1. The maximum atomic E-state index is 11.9. The van der Waals surface area contributed by atoms with E-state index in [0.29, 0.717) is 0 Å². The fourth-order valence-corrected chi connectivity index (χ4v) is 2.18. The van der Waals surface area contributed by atoms with Crippen molar-refractivity contribution in [3.05, 3.63) is 34.3 Å². The summed E-state index contributed by atoms with van der Waals surface area (Å²) in [5.41, 5.74) is 0.476. The lowest BCUT2D eigenvalue weighted by atomic mass is 10.1. The minimum Gasteiger partial charge on any atom is -0.444 e. The van der Waals surface area contributed by atoms with Crippen LogP contribution in [0.25, 0.3) is 0 Å². The number of hydrogen-bond donors (Lipinski definition) is 2. The predicted molar refractivity (Wildman–Crippen MR) is 89.6 cm³/mol. The topological polar surface area (TPSA) is 67.4 Å². The van der Waals surface area contributed by atoms with E-state index in [-0.39, 0.29) is 24.9 Å². The van der Waals surface area contributed by atoms with Crippen LogP contribution in [0.4, 0.5) is 4.79 Å². The molecule has 0 aliphatic carbocycles. The van der Waals surface area contributed by atoms with E-state index in [1.165, 1.54) is 0 Å². The summed E-state index contributed by atoms with van der Waals surface area (Å²) >= 11 is 3.40. The Morgan fingerprint density at radius 3 is 2.59 bits per heavy atom. The summed E-state index contributed by atoms with van der Waals surface area (Å²) in [5.74, 6) is -0.122. The van der Waals surface area contributed by atoms with Gasteiger partial charge in [0.25, 0.3) is 0 Å². The van der Waals surface area contributed by atoms with Crippen molar-refractivity contribution in [3.8, 4) is 0 Å². The molecule has 22 heavy (non-hydrogen) atoms. The van der Waals surface area contributed by atoms with E-state index >= 15 is 0 Å². The highest BCUT2D eigenvalue weighted by Gasteiger charge is 2.16. The monoisotopic (exact) mass is 370 g/mol. The highest BCUT2D eigenvalue weighted by atomic mass is 79.9. The Bertz CT molecular complexity index is 526. The van der Waals surface area contributed by atoms with Crippen LogP contribution in [0.3, 0.4) is 0 Å². The highest BCUT2D eigenvalue weighted by Crippen LogP contribution is 2.17. The van der Waals surface area contributed by atoms with E-state index in [9.17, 15) is 9.59 Å². The Morgan fingerprint density at radius 1 is 1.32 bits per heavy atom. The Kier molecular flexibility index (Phi) is 6.87. The summed E-state index contributed by atoms with van der Waals surface area (Å²) in [7, 11) is 0. The van der Waals surface area contributed by atoms with Crippen molar-refractivity contribution < 1.29 is 14.3 Å². The number of carbonyl (C=O) groups is 2. The molecule has 0 bridgehead atoms. The van der Waals surface area contributed by atoms with Crippen LogP contribution < -0.4 is 10.6 Å². The van der Waals surface area contributed by atoms with Gasteiger partial charge in [0.15, 0.2) is 0 Å². The molecule has 1 atom stereocenters. The molecule has 122 valence electrons. The minimum atomic E-state index is -0.540. The predicted octanol–water partition coefficient (Wildman–Crippen LogP) is 3.54. The van der Waals surface area contributed by atoms with Crippen molar-refractivity contribution in [3.63, 3.8) is 0 Å². The number of halogens is 1. The first kappa shape index (κ1) is 18.5. The number of hydrogen-bond acceptors (Lipinski definition) is 3. The third-order valence-electron chi connectivity index (χ3n) is 2.75. The second kappa shape index (κ2) is 8.17. The van der Waals surface area contributed by atoms with Gasteiger partial charge in [-0.05, 0) is 45.4 Å². The smallest absolute Gasteiger partial charge is 0.407 e. The lowest BCUT2D eigenvalue weighted by Gasteiger charge is -2.19. The highest BCUT2D eigenvalue weighted by molar-refractivity contribution is 9.10. The number of amides is 2. The van der Waals surface area contributed by atoms with Gasteiger partial charge in [0, 0.05) is 17.4 Å². The first-order chi connectivity index (χ1) is 10.2. The van der Waals surface area contributed by atoms with Gasteiger partial charge in [0.1, 0.15) is 5.60 Å². The fraction of sp³-hybridized carbons (Fsp3) is 0.500. The molecule has 0 spiro atoms. The zero-order chi connectivity index (χ0) is 16.8. The lowest BCUT2D eigenvalue weighted by molar-refractivity contribution is -0.121. The standard InChI is InChI=1S/C16H23BrN2O3/c1-11(12-6-5-7-13(17)10-12)19-14(20)8-9-18-15(21)22-16(2,3)4/h5-7,10-11H,8-9H2,1-4H3,(H,18,21)(H,19,20). The van der Waals surface area contributed by atoms with Crippen molar-refractivity contribution in [1.82, 2.24) is 10.6 Å². The van der Waals surface area contributed by atoms with E-state index in [1.807, 2.05) is 31.2 Å². The van der Waals surface area contributed by atoms with Gasteiger partial charge >= 0.3 is 6.09 Å². The van der Waals surface area contributed by atoms with Crippen molar-refractivity contribution >= 4 is 27.9 Å². The Balaban J connectivity index is 2.33. The van der Waals surface area contributed by atoms with Crippen LogP contribution in [0.15, 0.2) is 28.7 Å². The molecule has 0 aliphatic rings. The van der Waals surface area contributed by atoms with Gasteiger partial charge in [0.2, 0.25) is 5.91 Å². The van der Waals surface area contributed by atoms with Gasteiger partial charge < -0.3 is 15.4 Å². The van der Waals surface area contributed by atoms with Crippen LogP contribution in [0.2, 0.25) is 0 Å². The van der Waals surface area contributed by atoms with Crippen LogP contribution in [0, 0.1) is 0 Å². The van der Waals surface area contributed by atoms with Crippen molar-refractivity contribution in [1.29, 1.82) is 0 Å². The van der Waals surface area contributed by atoms with Crippen molar-refractivity contribution in [2.45, 2.75) is 45.8 Å². The zero-order valence-corrected chi connectivity index (χ0v) is 15.0. The quantitative estimate of drug-likeness (QED) is 0.832. The summed E-state index contributed by atoms with van der Waals surface area (Å²) in [6, 6.07) is 7.68. The molecule has 0 saturated heterocycles. The van der Waals surface area contributed by atoms with Crippen molar-refractivity contribution in [2.75, 3.05) is 6.54 Å². The van der Waals surface area contributed by atoms with Gasteiger partial charge in [-0.3, -0.25) is 4.79 Å². The molecule has 0 radical (unpaired) electrons. The minimum absolute atomic E-state index is 0.0912. The molecule has 5 nitrogen and oxygen atoms in total. The largest absolute Gasteiger partial charge is 0.444 e. The van der Waals surface area contributed by atoms with Crippen LogP contribution in [-0.2, 0) is 9.53 Å². The number of rotatable bonds is 5. The summed E-state index contributed by atoms with van der Waals surface area (Å²) < 4.78 is 6.07. The van der Waals surface area contributed by atoms with Crippen LogP contribution in [0.5, 0.6) is 0 Å².